The van der Waals surface area contributed by atoms with E-state index in [9.17, 15) is 9.59 Å². The van der Waals surface area contributed by atoms with Gasteiger partial charge in [-0.3, -0.25) is 4.79 Å². The van der Waals surface area contributed by atoms with Gasteiger partial charge in [0.15, 0.2) is 0 Å². The lowest BCUT2D eigenvalue weighted by atomic mass is 10.1. The molecule has 1 heterocycles. The normalized spacial score (nSPS) is 31.2. The maximum absolute atomic E-state index is 12.1. The molecule has 1 saturated carbocycles. The van der Waals surface area contributed by atoms with E-state index in [-0.39, 0.29) is 18.5 Å². The number of nitrogens with zero attached hydrogens (tertiary/aromatic N) is 1. The van der Waals surface area contributed by atoms with E-state index < -0.39 is 12.1 Å². The third kappa shape index (κ3) is 3.83. The first-order chi connectivity index (χ1) is 9.06. The number of hydrogen-bond acceptors (Lipinski definition) is 3. The van der Waals surface area contributed by atoms with Crippen LogP contribution < -0.4 is 5.32 Å². The summed E-state index contributed by atoms with van der Waals surface area (Å²) in [5.74, 6) is -0.364. The van der Waals surface area contributed by atoms with E-state index in [4.69, 9.17) is 9.84 Å². The zero-order valence-electron chi connectivity index (χ0n) is 11.3. The highest BCUT2D eigenvalue weighted by atomic mass is 16.5. The Kier molecular flexibility index (Phi) is 4.63. The van der Waals surface area contributed by atoms with Crippen molar-refractivity contribution >= 4 is 12.0 Å². The molecule has 2 amide bonds. The Balaban J connectivity index is 1.83. The van der Waals surface area contributed by atoms with Crippen LogP contribution in [0.15, 0.2) is 0 Å². The van der Waals surface area contributed by atoms with Crippen molar-refractivity contribution in [2.45, 2.75) is 44.8 Å². The Hall–Kier alpha value is -1.30. The number of nitrogens with one attached hydrogen (secondary N) is 1. The number of ether oxygens (including phenoxy) is 1. The highest BCUT2D eigenvalue weighted by molar-refractivity contribution is 5.75. The molecule has 0 spiro atoms. The predicted octanol–water partition coefficient (Wildman–Crippen LogP) is 1.06. The molecule has 2 N–H and O–H groups in total. The van der Waals surface area contributed by atoms with E-state index in [0.717, 1.165) is 19.3 Å². The highest BCUT2D eigenvalue weighted by Gasteiger charge is 2.30. The van der Waals surface area contributed by atoms with Gasteiger partial charge in [-0.05, 0) is 18.8 Å². The molecule has 2 rings (SSSR count). The first kappa shape index (κ1) is 14.1. The van der Waals surface area contributed by atoms with Gasteiger partial charge in [-0.2, -0.15) is 0 Å². The fourth-order valence-corrected chi connectivity index (χ4v) is 2.83. The second-order valence-electron chi connectivity index (χ2n) is 5.50. The Labute approximate surface area is 113 Å². The van der Waals surface area contributed by atoms with E-state index in [1.54, 1.807) is 4.90 Å². The highest BCUT2D eigenvalue weighted by Crippen LogP contribution is 2.25. The summed E-state index contributed by atoms with van der Waals surface area (Å²) in [6.07, 6.45) is 2.92. The van der Waals surface area contributed by atoms with Gasteiger partial charge >= 0.3 is 12.0 Å². The lowest BCUT2D eigenvalue weighted by Crippen LogP contribution is -2.52. The zero-order chi connectivity index (χ0) is 13.8. The van der Waals surface area contributed by atoms with Gasteiger partial charge in [0.25, 0.3) is 0 Å². The van der Waals surface area contributed by atoms with Crippen LogP contribution in [0.1, 0.15) is 32.6 Å². The lowest BCUT2D eigenvalue weighted by Gasteiger charge is -2.33. The number of hydrogen-bond donors (Lipinski definition) is 2. The summed E-state index contributed by atoms with van der Waals surface area (Å²) in [7, 11) is 0. The van der Waals surface area contributed by atoms with Crippen molar-refractivity contribution in [3.63, 3.8) is 0 Å². The number of amides is 2. The molecule has 6 heteroatoms. The maximum Gasteiger partial charge on any atom is 0.317 e. The first-order valence-corrected chi connectivity index (χ1v) is 6.95. The Morgan fingerprint density at radius 2 is 2.21 bits per heavy atom. The SMILES string of the molecule is CC1CCCC1NC(=O)N1CCOC(CC(=O)O)C1. The molecule has 0 bridgehead atoms. The Morgan fingerprint density at radius 3 is 2.84 bits per heavy atom. The van der Waals surface area contributed by atoms with Crippen molar-refractivity contribution in [1.82, 2.24) is 10.2 Å². The van der Waals surface area contributed by atoms with Crippen molar-refractivity contribution in [1.29, 1.82) is 0 Å². The Bertz CT molecular complexity index is 348. The third-order valence-electron chi connectivity index (χ3n) is 4.00. The largest absolute Gasteiger partial charge is 0.481 e. The van der Waals surface area contributed by atoms with E-state index >= 15 is 0 Å². The van der Waals surface area contributed by atoms with Crippen LogP contribution >= 0.6 is 0 Å². The fraction of sp³-hybridized carbons (Fsp3) is 0.846. The van der Waals surface area contributed by atoms with Gasteiger partial charge in [0, 0.05) is 19.1 Å². The second-order valence-corrected chi connectivity index (χ2v) is 5.50. The molecule has 3 unspecified atom stereocenters. The molecular weight excluding hydrogens is 248 g/mol. The first-order valence-electron chi connectivity index (χ1n) is 6.95. The predicted molar refractivity (Wildman–Crippen MR) is 68.9 cm³/mol. The van der Waals surface area contributed by atoms with Crippen molar-refractivity contribution in [2.24, 2.45) is 5.92 Å². The number of carboxylic acids is 1. The van der Waals surface area contributed by atoms with Gasteiger partial charge in [0.2, 0.25) is 0 Å². The quantitative estimate of drug-likeness (QED) is 0.803. The number of urea groups is 1. The number of carbonyl (C=O) groups is 2. The standard InChI is InChI=1S/C13H22N2O4/c1-9-3-2-4-11(9)14-13(18)15-5-6-19-10(8-15)7-12(16)17/h9-11H,2-8H2,1H3,(H,14,18)(H,16,17). The molecule has 1 aliphatic carbocycles. The molecular formula is C13H22N2O4. The summed E-state index contributed by atoms with van der Waals surface area (Å²) < 4.78 is 5.36. The molecule has 19 heavy (non-hydrogen) atoms. The van der Waals surface area contributed by atoms with Crippen LogP contribution in [0.25, 0.3) is 0 Å². The molecule has 108 valence electrons. The average Bonchev–Trinajstić information content (AvgIpc) is 2.74. The molecule has 1 aliphatic heterocycles. The maximum atomic E-state index is 12.1. The van der Waals surface area contributed by atoms with Crippen molar-refractivity contribution in [2.75, 3.05) is 19.7 Å². The molecule has 3 atom stereocenters. The summed E-state index contributed by atoms with van der Waals surface area (Å²) in [6.45, 7) is 3.46. The van der Waals surface area contributed by atoms with E-state index in [0.29, 0.717) is 25.6 Å². The van der Waals surface area contributed by atoms with Crippen LogP contribution in [0.4, 0.5) is 4.79 Å². The third-order valence-corrected chi connectivity index (χ3v) is 4.00. The molecule has 0 aromatic heterocycles. The lowest BCUT2D eigenvalue weighted by molar-refractivity contribution is -0.141. The molecule has 0 aromatic carbocycles. The van der Waals surface area contributed by atoms with Crippen LogP contribution in [0.3, 0.4) is 0 Å². The van der Waals surface area contributed by atoms with E-state index in [2.05, 4.69) is 12.2 Å². The summed E-state index contributed by atoms with van der Waals surface area (Å²) in [5.41, 5.74) is 0. The van der Waals surface area contributed by atoms with Crippen LogP contribution in [-0.2, 0) is 9.53 Å². The summed E-state index contributed by atoms with van der Waals surface area (Å²) in [4.78, 5) is 24.5. The zero-order valence-corrected chi connectivity index (χ0v) is 11.3. The van der Waals surface area contributed by atoms with Crippen LogP contribution in [0.2, 0.25) is 0 Å². The summed E-state index contributed by atoms with van der Waals surface area (Å²) >= 11 is 0. The minimum absolute atomic E-state index is 0.0520. The smallest absolute Gasteiger partial charge is 0.317 e. The van der Waals surface area contributed by atoms with Gasteiger partial charge in [0.1, 0.15) is 0 Å². The van der Waals surface area contributed by atoms with Crippen molar-refractivity contribution in [3.8, 4) is 0 Å². The fourth-order valence-electron chi connectivity index (χ4n) is 2.83. The molecule has 1 saturated heterocycles. The number of carboxylic acid groups (broad SMARTS) is 1. The van der Waals surface area contributed by atoms with Crippen LogP contribution in [0.5, 0.6) is 0 Å². The van der Waals surface area contributed by atoms with Gasteiger partial charge < -0.3 is 20.1 Å². The van der Waals surface area contributed by atoms with Gasteiger partial charge in [-0.15, -0.1) is 0 Å². The average molecular weight is 270 g/mol. The van der Waals surface area contributed by atoms with Crippen LogP contribution in [0, 0.1) is 5.92 Å². The second kappa shape index (κ2) is 6.23. The van der Waals surface area contributed by atoms with Gasteiger partial charge in [0.05, 0.1) is 19.1 Å². The number of aliphatic carboxylic acids is 1. The molecule has 2 fully saturated rings. The molecule has 0 radical (unpaired) electrons. The van der Waals surface area contributed by atoms with Gasteiger partial charge in [-0.25, -0.2) is 4.79 Å². The minimum Gasteiger partial charge on any atom is -0.481 e. The van der Waals surface area contributed by atoms with E-state index in [1.165, 1.54) is 0 Å². The van der Waals surface area contributed by atoms with Crippen molar-refractivity contribution < 1.29 is 19.4 Å². The van der Waals surface area contributed by atoms with E-state index in [1.807, 2.05) is 0 Å². The molecule has 6 nitrogen and oxygen atoms in total. The topological polar surface area (TPSA) is 78.9 Å². The number of carbonyl (C=O) groups excluding carboxylic acids is 1. The number of rotatable bonds is 3. The van der Waals surface area contributed by atoms with Gasteiger partial charge in [-0.1, -0.05) is 13.3 Å². The van der Waals surface area contributed by atoms with Crippen LogP contribution in [-0.4, -0.2) is 53.8 Å². The monoisotopic (exact) mass is 270 g/mol. The summed E-state index contributed by atoms with van der Waals surface area (Å²) in [6, 6.07) is 0.172. The summed E-state index contributed by atoms with van der Waals surface area (Å²) in [5, 5.41) is 11.8. The minimum atomic E-state index is -0.892. The number of morpholine rings is 1. The molecule has 2 aliphatic rings. The Morgan fingerprint density at radius 1 is 1.42 bits per heavy atom. The molecule has 0 aromatic rings. The van der Waals surface area contributed by atoms with Crippen molar-refractivity contribution in [3.05, 3.63) is 0 Å².